The van der Waals surface area contributed by atoms with Gasteiger partial charge >= 0.3 is 0 Å². The Morgan fingerprint density at radius 1 is 1.40 bits per heavy atom. The first-order valence-corrected chi connectivity index (χ1v) is 7.60. The Hall–Kier alpha value is -1.32. The minimum Gasteiger partial charge on any atom is -0.304 e. The van der Waals surface area contributed by atoms with Crippen molar-refractivity contribution in [3.8, 4) is 0 Å². The van der Waals surface area contributed by atoms with E-state index in [1.165, 1.54) is 11.1 Å². The Labute approximate surface area is 124 Å². The van der Waals surface area contributed by atoms with E-state index in [-0.39, 0.29) is 0 Å². The van der Waals surface area contributed by atoms with Crippen LogP contribution in [0.5, 0.6) is 0 Å². The smallest absolute Gasteiger partial charge is 0.0863 e. The van der Waals surface area contributed by atoms with Gasteiger partial charge in [0.1, 0.15) is 0 Å². The van der Waals surface area contributed by atoms with Crippen LogP contribution in [0.25, 0.3) is 0 Å². The van der Waals surface area contributed by atoms with Crippen molar-refractivity contribution in [1.82, 2.24) is 15.1 Å². The van der Waals surface area contributed by atoms with Gasteiger partial charge in [-0.15, -0.1) is 0 Å². The lowest BCUT2D eigenvalue weighted by atomic mass is 10.1. The molecule has 1 N–H and O–H groups in total. The van der Waals surface area contributed by atoms with Gasteiger partial charge < -0.3 is 5.32 Å². The van der Waals surface area contributed by atoms with Gasteiger partial charge in [0.2, 0.25) is 0 Å². The summed E-state index contributed by atoms with van der Waals surface area (Å²) in [4.78, 5) is 0. The van der Waals surface area contributed by atoms with E-state index in [1.807, 2.05) is 11.7 Å². The Morgan fingerprint density at radius 2 is 2.20 bits per heavy atom. The molecule has 1 atom stereocenters. The van der Waals surface area contributed by atoms with Crippen LogP contribution in [0.2, 0.25) is 5.02 Å². The highest BCUT2D eigenvalue weighted by molar-refractivity contribution is 6.31. The molecule has 2 aromatic rings. The predicted molar refractivity (Wildman–Crippen MR) is 81.9 cm³/mol. The average molecular weight is 290 g/mol. The zero-order valence-corrected chi connectivity index (χ0v) is 12.7. The summed E-state index contributed by atoms with van der Waals surface area (Å²) >= 11 is 6.39. The lowest BCUT2D eigenvalue weighted by Gasteiger charge is -2.14. The van der Waals surface area contributed by atoms with Crippen molar-refractivity contribution in [3.63, 3.8) is 0 Å². The molecule has 3 rings (SSSR count). The largest absolute Gasteiger partial charge is 0.304 e. The summed E-state index contributed by atoms with van der Waals surface area (Å²) in [6.07, 6.45) is 3.20. The average Bonchev–Trinajstić information content (AvgIpc) is 2.99. The molecule has 1 aromatic heterocycles. The van der Waals surface area contributed by atoms with Gasteiger partial charge in [-0.05, 0) is 30.4 Å². The normalized spacial score (nSPS) is 17.4. The predicted octanol–water partition coefficient (Wildman–Crippen LogP) is 3.41. The first-order chi connectivity index (χ1) is 9.70. The molecule has 0 amide bonds. The van der Waals surface area contributed by atoms with Crippen molar-refractivity contribution in [1.29, 1.82) is 0 Å². The molecule has 0 radical (unpaired) electrons. The van der Waals surface area contributed by atoms with Gasteiger partial charge in [-0.1, -0.05) is 42.8 Å². The van der Waals surface area contributed by atoms with Crippen LogP contribution in [0.15, 0.2) is 24.3 Å². The van der Waals surface area contributed by atoms with E-state index < -0.39 is 0 Å². The van der Waals surface area contributed by atoms with Crippen LogP contribution in [0.4, 0.5) is 0 Å². The number of rotatable bonds is 4. The topological polar surface area (TPSA) is 29.9 Å². The Bertz CT molecular complexity index is 618. The highest BCUT2D eigenvalue weighted by atomic mass is 35.5. The van der Waals surface area contributed by atoms with Gasteiger partial charge in [-0.3, -0.25) is 4.68 Å². The monoisotopic (exact) mass is 289 g/mol. The lowest BCUT2D eigenvalue weighted by molar-refractivity contribution is 0.512. The molecule has 3 nitrogen and oxygen atoms in total. The molecule has 1 aliphatic carbocycles. The van der Waals surface area contributed by atoms with E-state index in [1.54, 1.807) is 0 Å². The number of nitrogens with zero attached hydrogens (tertiary/aromatic N) is 2. The van der Waals surface area contributed by atoms with E-state index in [9.17, 15) is 0 Å². The van der Waals surface area contributed by atoms with Crippen LogP contribution in [0.3, 0.4) is 0 Å². The first kappa shape index (κ1) is 13.7. The summed E-state index contributed by atoms with van der Waals surface area (Å²) in [6, 6.07) is 9.12. The lowest BCUT2D eigenvalue weighted by Crippen LogP contribution is -2.20. The number of benzene rings is 1. The fraction of sp³-hybridized carbons (Fsp3) is 0.438. The van der Waals surface area contributed by atoms with Gasteiger partial charge in [0.25, 0.3) is 0 Å². The molecule has 0 bridgehead atoms. The molecule has 0 fully saturated rings. The quantitative estimate of drug-likeness (QED) is 0.935. The summed E-state index contributed by atoms with van der Waals surface area (Å²) < 4.78 is 1.90. The third kappa shape index (κ3) is 2.36. The van der Waals surface area contributed by atoms with Gasteiger partial charge in [-0.25, -0.2) is 0 Å². The molecule has 1 aliphatic rings. The number of halogens is 1. The van der Waals surface area contributed by atoms with E-state index in [0.29, 0.717) is 6.04 Å². The third-order valence-corrected chi connectivity index (χ3v) is 4.59. The van der Waals surface area contributed by atoms with E-state index in [2.05, 4.69) is 41.6 Å². The summed E-state index contributed by atoms with van der Waals surface area (Å²) in [5.41, 5.74) is 4.96. The molecule has 0 saturated carbocycles. The van der Waals surface area contributed by atoms with Crippen LogP contribution in [-0.2, 0) is 26.4 Å². The zero-order chi connectivity index (χ0) is 14.1. The number of aromatic nitrogens is 2. The Kier molecular flexibility index (Phi) is 3.81. The standard InChI is InChI=1S/C16H20ClN3/c1-3-13-16(17)15(20(2)19-13)10-18-14-9-8-11-6-4-5-7-12(11)14/h4-7,14,18H,3,8-10H2,1-2H3. The van der Waals surface area contributed by atoms with Gasteiger partial charge in [-0.2, -0.15) is 5.10 Å². The van der Waals surface area contributed by atoms with Crippen molar-refractivity contribution in [2.75, 3.05) is 0 Å². The summed E-state index contributed by atoms with van der Waals surface area (Å²) in [7, 11) is 1.96. The third-order valence-electron chi connectivity index (χ3n) is 4.15. The fourth-order valence-corrected chi connectivity index (χ4v) is 3.36. The van der Waals surface area contributed by atoms with Gasteiger partial charge in [0, 0.05) is 19.6 Å². The minimum absolute atomic E-state index is 0.433. The number of nitrogens with one attached hydrogen (secondary N) is 1. The Morgan fingerprint density at radius 3 is 2.95 bits per heavy atom. The molecule has 1 unspecified atom stereocenters. The Balaban J connectivity index is 1.74. The van der Waals surface area contributed by atoms with Gasteiger partial charge in [0.05, 0.1) is 16.4 Å². The molecule has 1 aromatic carbocycles. The molecular weight excluding hydrogens is 270 g/mol. The second-order valence-corrected chi connectivity index (χ2v) is 5.73. The number of aryl methyl sites for hydroxylation is 3. The molecule has 0 saturated heterocycles. The zero-order valence-electron chi connectivity index (χ0n) is 12.0. The van der Waals surface area contributed by atoms with Gasteiger partial charge in [0.15, 0.2) is 0 Å². The molecule has 1 heterocycles. The highest BCUT2D eigenvalue weighted by Crippen LogP contribution is 2.31. The maximum atomic E-state index is 6.39. The summed E-state index contributed by atoms with van der Waals surface area (Å²) in [5.74, 6) is 0. The van der Waals surface area contributed by atoms with Crippen LogP contribution < -0.4 is 5.32 Å². The SMILES string of the molecule is CCc1nn(C)c(CNC2CCc3ccccc32)c1Cl. The van der Waals surface area contributed by atoms with Crippen LogP contribution >= 0.6 is 11.6 Å². The molecule has 106 valence electrons. The first-order valence-electron chi connectivity index (χ1n) is 7.22. The van der Waals surface area contributed by atoms with Crippen molar-refractivity contribution < 1.29 is 0 Å². The maximum Gasteiger partial charge on any atom is 0.0863 e. The molecule has 4 heteroatoms. The molecule has 0 spiro atoms. The fourth-order valence-electron chi connectivity index (χ4n) is 3.00. The second-order valence-electron chi connectivity index (χ2n) is 5.36. The number of hydrogen-bond donors (Lipinski definition) is 1. The highest BCUT2D eigenvalue weighted by Gasteiger charge is 2.22. The van der Waals surface area contributed by atoms with E-state index in [4.69, 9.17) is 11.6 Å². The number of hydrogen-bond acceptors (Lipinski definition) is 2. The number of fused-ring (bicyclic) bond motifs is 1. The van der Waals surface area contributed by atoms with E-state index in [0.717, 1.165) is 42.2 Å². The molecule has 0 aliphatic heterocycles. The summed E-state index contributed by atoms with van der Waals surface area (Å²) in [5, 5.41) is 8.90. The van der Waals surface area contributed by atoms with Crippen LogP contribution in [0.1, 0.15) is 41.9 Å². The van der Waals surface area contributed by atoms with Crippen molar-refractivity contribution in [2.45, 2.75) is 38.8 Å². The maximum absolute atomic E-state index is 6.39. The van der Waals surface area contributed by atoms with Crippen molar-refractivity contribution in [2.24, 2.45) is 7.05 Å². The van der Waals surface area contributed by atoms with Crippen LogP contribution in [0, 0.1) is 0 Å². The summed E-state index contributed by atoms with van der Waals surface area (Å²) in [6.45, 7) is 2.85. The second kappa shape index (κ2) is 5.58. The van der Waals surface area contributed by atoms with Crippen molar-refractivity contribution >= 4 is 11.6 Å². The molecule has 20 heavy (non-hydrogen) atoms. The van der Waals surface area contributed by atoms with Crippen molar-refractivity contribution in [3.05, 3.63) is 51.8 Å². The van der Waals surface area contributed by atoms with E-state index >= 15 is 0 Å². The van der Waals surface area contributed by atoms with Crippen LogP contribution in [-0.4, -0.2) is 9.78 Å². The molecular formula is C16H20ClN3. The minimum atomic E-state index is 0.433.